The molecule has 0 spiro atoms. The van der Waals surface area contributed by atoms with E-state index in [-0.39, 0.29) is 0 Å². The summed E-state index contributed by atoms with van der Waals surface area (Å²) in [7, 11) is 2.01. The van der Waals surface area contributed by atoms with Gasteiger partial charge >= 0.3 is 0 Å². The molecule has 1 nitrogen and oxygen atoms in total. The van der Waals surface area contributed by atoms with Gasteiger partial charge in [0.05, 0.1) is 0 Å². The summed E-state index contributed by atoms with van der Waals surface area (Å²) in [5, 5.41) is 3.68. The highest BCUT2D eigenvalue weighted by atomic mass is 35.5. The predicted molar refractivity (Wildman–Crippen MR) is 41.0 cm³/mol. The third-order valence-electron chi connectivity index (χ3n) is 2.02. The van der Waals surface area contributed by atoms with E-state index in [1.54, 1.807) is 0 Å². The fourth-order valence-electron chi connectivity index (χ4n) is 1.39. The molecule has 0 aromatic heterocycles. The highest BCUT2D eigenvalue weighted by Gasteiger charge is 2.17. The highest BCUT2D eigenvalue weighted by molar-refractivity contribution is 6.20. The summed E-state index contributed by atoms with van der Waals surface area (Å²) in [6.45, 7) is 0. The quantitative estimate of drug-likeness (QED) is 0.558. The zero-order valence-electron chi connectivity index (χ0n) is 5.86. The highest BCUT2D eigenvalue weighted by Crippen LogP contribution is 2.22. The molecule has 0 bridgehead atoms. The summed E-state index contributed by atoms with van der Waals surface area (Å²) in [6, 6.07) is 0.682. The van der Waals surface area contributed by atoms with Gasteiger partial charge in [-0.15, -0.1) is 11.6 Å². The van der Waals surface area contributed by atoms with E-state index < -0.39 is 0 Å². The molecule has 0 amide bonds. The second-order valence-corrected chi connectivity index (χ2v) is 3.37. The maximum Gasteiger partial charge on any atom is 0.0350 e. The van der Waals surface area contributed by atoms with E-state index >= 15 is 0 Å². The monoisotopic (exact) mass is 147 g/mol. The van der Waals surface area contributed by atoms with E-state index in [9.17, 15) is 0 Å². The van der Waals surface area contributed by atoms with E-state index in [1.165, 1.54) is 19.3 Å². The first-order chi connectivity index (χ1) is 4.33. The van der Waals surface area contributed by atoms with Crippen LogP contribution in [0.25, 0.3) is 0 Å². The molecule has 1 rings (SSSR count). The maximum absolute atomic E-state index is 5.95. The molecule has 1 N–H and O–H groups in total. The standard InChI is InChI=1S/C7H14ClN/c1-9-7-4-2-3-6(8)5-7/h6-7,9H,2-5H2,1H3/t6?,7-/m1/s1. The Bertz CT molecular complexity index is 85.0. The van der Waals surface area contributed by atoms with Crippen molar-refractivity contribution in [2.24, 2.45) is 0 Å². The molecular formula is C7H14ClN. The lowest BCUT2D eigenvalue weighted by Gasteiger charge is -2.24. The van der Waals surface area contributed by atoms with Gasteiger partial charge in [0.1, 0.15) is 0 Å². The zero-order chi connectivity index (χ0) is 6.69. The summed E-state index contributed by atoms with van der Waals surface area (Å²) in [5.41, 5.74) is 0. The van der Waals surface area contributed by atoms with E-state index in [1.807, 2.05) is 7.05 Å². The van der Waals surface area contributed by atoms with Crippen molar-refractivity contribution < 1.29 is 0 Å². The minimum atomic E-state index is 0.427. The topological polar surface area (TPSA) is 12.0 Å². The van der Waals surface area contributed by atoms with Crippen molar-refractivity contribution in [1.29, 1.82) is 0 Å². The minimum Gasteiger partial charge on any atom is -0.317 e. The summed E-state index contributed by atoms with van der Waals surface area (Å²) in [6.07, 6.45) is 4.96. The van der Waals surface area contributed by atoms with Crippen LogP contribution in [0, 0.1) is 0 Å². The lowest BCUT2D eigenvalue weighted by Crippen LogP contribution is -2.31. The fraction of sp³-hybridized carbons (Fsp3) is 1.00. The normalized spacial score (nSPS) is 36.7. The van der Waals surface area contributed by atoms with Gasteiger partial charge in [-0.25, -0.2) is 0 Å². The van der Waals surface area contributed by atoms with Crippen molar-refractivity contribution in [1.82, 2.24) is 5.32 Å². The molecule has 1 fully saturated rings. The molecule has 2 atom stereocenters. The van der Waals surface area contributed by atoms with E-state index in [2.05, 4.69) is 5.32 Å². The predicted octanol–water partition coefficient (Wildman–Crippen LogP) is 1.76. The van der Waals surface area contributed by atoms with Gasteiger partial charge in [-0.05, 0) is 26.3 Å². The van der Waals surface area contributed by atoms with Crippen LogP contribution >= 0.6 is 11.6 Å². The number of hydrogen-bond donors (Lipinski definition) is 1. The van der Waals surface area contributed by atoms with Crippen molar-refractivity contribution in [3.63, 3.8) is 0 Å². The molecule has 54 valence electrons. The van der Waals surface area contributed by atoms with Crippen LogP contribution in [0.4, 0.5) is 0 Å². The van der Waals surface area contributed by atoms with Gasteiger partial charge in [0.25, 0.3) is 0 Å². The molecule has 0 aromatic carbocycles. The van der Waals surface area contributed by atoms with Crippen LogP contribution in [0.5, 0.6) is 0 Å². The first-order valence-electron chi connectivity index (χ1n) is 3.64. The van der Waals surface area contributed by atoms with Crippen LogP contribution < -0.4 is 5.32 Å². The number of rotatable bonds is 1. The van der Waals surface area contributed by atoms with Crippen LogP contribution in [0.3, 0.4) is 0 Å². The summed E-state index contributed by atoms with van der Waals surface area (Å²) in [5.74, 6) is 0. The molecule has 1 aliphatic rings. The third-order valence-corrected chi connectivity index (χ3v) is 2.41. The smallest absolute Gasteiger partial charge is 0.0350 e. The number of alkyl halides is 1. The average molecular weight is 148 g/mol. The fourth-order valence-corrected chi connectivity index (χ4v) is 1.76. The maximum atomic E-state index is 5.95. The molecule has 1 aliphatic carbocycles. The molecule has 2 heteroatoms. The van der Waals surface area contributed by atoms with Gasteiger partial charge in [-0.3, -0.25) is 0 Å². The lowest BCUT2D eigenvalue weighted by atomic mass is 9.95. The molecular weight excluding hydrogens is 134 g/mol. The van der Waals surface area contributed by atoms with Gasteiger partial charge in [0, 0.05) is 11.4 Å². The first-order valence-corrected chi connectivity index (χ1v) is 4.08. The van der Waals surface area contributed by atoms with Crippen molar-refractivity contribution in [2.45, 2.75) is 37.1 Å². The second kappa shape index (κ2) is 3.43. The Morgan fingerprint density at radius 3 is 2.67 bits per heavy atom. The zero-order valence-corrected chi connectivity index (χ0v) is 6.62. The first kappa shape index (κ1) is 7.36. The lowest BCUT2D eigenvalue weighted by molar-refractivity contribution is 0.399. The molecule has 0 aliphatic heterocycles. The third kappa shape index (κ3) is 2.15. The largest absolute Gasteiger partial charge is 0.317 e. The van der Waals surface area contributed by atoms with Crippen molar-refractivity contribution in [3.8, 4) is 0 Å². The average Bonchev–Trinajstić information content (AvgIpc) is 1.88. The van der Waals surface area contributed by atoms with Crippen LogP contribution in [0.15, 0.2) is 0 Å². The van der Waals surface area contributed by atoms with Gasteiger partial charge in [0.15, 0.2) is 0 Å². The Hall–Kier alpha value is 0.250. The molecule has 0 heterocycles. The van der Waals surface area contributed by atoms with Crippen LogP contribution in [0.2, 0.25) is 0 Å². The van der Waals surface area contributed by atoms with Gasteiger partial charge in [-0.2, -0.15) is 0 Å². The van der Waals surface area contributed by atoms with Gasteiger partial charge in [0.2, 0.25) is 0 Å². The van der Waals surface area contributed by atoms with E-state index in [4.69, 9.17) is 11.6 Å². The molecule has 1 saturated carbocycles. The SMILES string of the molecule is CN[C@@H]1CCCC(Cl)C1. The van der Waals surface area contributed by atoms with Gasteiger partial charge in [-0.1, -0.05) is 6.42 Å². The number of hydrogen-bond acceptors (Lipinski definition) is 1. The molecule has 0 saturated heterocycles. The van der Waals surface area contributed by atoms with Crippen LogP contribution in [-0.4, -0.2) is 18.5 Å². The molecule has 1 unspecified atom stereocenters. The Balaban J connectivity index is 2.23. The minimum absolute atomic E-state index is 0.427. The number of halogens is 1. The summed E-state index contributed by atoms with van der Waals surface area (Å²) >= 11 is 5.95. The molecule has 0 aromatic rings. The van der Waals surface area contributed by atoms with Crippen LogP contribution in [0.1, 0.15) is 25.7 Å². The van der Waals surface area contributed by atoms with Crippen LogP contribution in [-0.2, 0) is 0 Å². The Morgan fingerprint density at radius 1 is 1.44 bits per heavy atom. The Kier molecular flexibility index (Phi) is 2.80. The summed E-state index contributed by atoms with van der Waals surface area (Å²) in [4.78, 5) is 0. The van der Waals surface area contributed by atoms with E-state index in [0.29, 0.717) is 11.4 Å². The van der Waals surface area contributed by atoms with Crippen molar-refractivity contribution in [2.75, 3.05) is 7.05 Å². The Morgan fingerprint density at radius 2 is 2.22 bits per heavy atom. The van der Waals surface area contributed by atoms with Crippen molar-refractivity contribution in [3.05, 3.63) is 0 Å². The number of nitrogens with one attached hydrogen (secondary N) is 1. The summed E-state index contributed by atoms with van der Waals surface area (Å²) < 4.78 is 0. The van der Waals surface area contributed by atoms with Gasteiger partial charge < -0.3 is 5.32 Å². The molecule has 9 heavy (non-hydrogen) atoms. The Labute approximate surface area is 61.8 Å². The molecule has 0 radical (unpaired) electrons. The van der Waals surface area contributed by atoms with Crippen molar-refractivity contribution >= 4 is 11.6 Å². The second-order valence-electron chi connectivity index (χ2n) is 2.75. The van der Waals surface area contributed by atoms with E-state index in [0.717, 1.165) is 6.42 Å².